The Hall–Kier alpha value is -2.56. The summed E-state index contributed by atoms with van der Waals surface area (Å²) in [5, 5.41) is 2.84. The van der Waals surface area contributed by atoms with Crippen molar-refractivity contribution in [2.24, 2.45) is 0 Å². The van der Waals surface area contributed by atoms with E-state index in [4.69, 9.17) is 4.74 Å². The number of halogens is 1. The molecule has 3 rings (SSSR count). The zero-order chi connectivity index (χ0) is 16.9. The molecular weight excluding hydrogens is 307 g/mol. The number of anilines is 1. The van der Waals surface area contributed by atoms with E-state index in [1.807, 2.05) is 36.1 Å². The van der Waals surface area contributed by atoms with Crippen molar-refractivity contribution in [2.45, 2.75) is 25.8 Å². The van der Waals surface area contributed by atoms with Crippen LogP contribution in [0.2, 0.25) is 0 Å². The van der Waals surface area contributed by atoms with Crippen LogP contribution in [0.25, 0.3) is 0 Å². The second kappa shape index (κ2) is 7.34. The van der Waals surface area contributed by atoms with Gasteiger partial charge in [0.1, 0.15) is 11.6 Å². The molecule has 2 amide bonds. The summed E-state index contributed by atoms with van der Waals surface area (Å²) in [7, 11) is 0. The molecule has 0 spiro atoms. The fourth-order valence-corrected chi connectivity index (χ4v) is 3.04. The van der Waals surface area contributed by atoms with Crippen molar-refractivity contribution in [3.05, 3.63) is 59.9 Å². The van der Waals surface area contributed by atoms with Gasteiger partial charge in [-0.1, -0.05) is 12.1 Å². The predicted molar refractivity (Wildman–Crippen MR) is 91.7 cm³/mol. The highest BCUT2D eigenvalue weighted by molar-refractivity contribution is 5.89. The summed E-state index contributed by atoms with van der Waals surface area (Å²) in [4.78, 5) is 14.4. The van der Waals surface area contributed by atoms with Gasteiger partial charge in [0.25, 0.3) is 0 Å². The molecule has 0 bridgehead atoms. The van der Waals surface area contributed by atoms with Gasteiger partial charge in [0.2, 0.25) is 0 Å². The number of nitrogens with one attached hydrogen (secondary N) is 1. The fraction of sp³-hybridized carbons (Fsp3) is 0.316. The van der Waals surface area contributed by atoms with E-state index in [1.165, 1.54) is 12.1 Å². The average molecular weight is 328 g/mol. The summed E-state index contributed by atoms with van der Waals surface area (Å²) in [6, 6.07) is 13.6. The van der Waals surface area contributed by atoms with Gasteiger partial charge in [-0.2, -0.15) is 0 Å². The zero-order valence-electron chi connectivity index (χ0n) is 13.7. The zero-order valence-corrected chi connectivity index (χ0v) is 13.7. The maximum absolute atomic E-state index is 13.0. The van der Waals surface area contributed by atoms with Gasteiger partial charge in [0.15, 0.2) is 0 Å². The number of ether oxygens (including phenoxy) is 1. The lowest BCUT2D eigenvalue weighted by Crippen LogP contribution is -2.34. The highest BCUT2D eigenvalue weighted by Gasteiger charge is 2.30. The van der Waals surface area contributed by atoms with Gasteiger partial charge in [-0.05, 0) is 61.7 Å². The highest BCUT2D eigenvalue weighted by Crippen LogP contribution is 2.33. The van der Waals surface area contributed by atoms with Crippen LogP contribution in [-0.2, 0) is 0 Å². The first kappa shape index (κ1) is 16.3. The summed E-state index contributed by atoms with van der Waals surface area (Å²) in [5.74, 6) is 0.517. The average Bonchev–Trinajstić information content (AvgIpc) is 3.08. The van der Waals surface area contributed by atoms with Gasteiger partial charge < -0.3 is 15.0 Å². The van der Waals surface area contributed by atoms with Crippen LogP contribution >= 0.6 is 0 Å². The summed E-state index contributed by atoms with van der Waals surface area (Å²) in [6.45, 7) is 3.30. The van der Waals surface area contributed by atoms with Gasteiger partial charge in [-0.3, -0.25) is 0 Å². The number of carbonyl (C=O) groups is 1. The third-order valence-corrected chi connectivity index (χ3v) is 4.19. The van der Waals surface area contributed by atoms with E-state index in [2.05, 4.69) is 5.32 Å². The van der Waals surface area contributed by atoms with Crippen LogP contribution in [0, 0.1) is 5.82 Å². The van der Waals surface area contributed by atoms with E-state index < -0.39 is 0 Å². The third kappa shape index (κ3) is 3.67. The number of benzene rings is 2. The molecule has 1 saturated heterocycles. The minimum Gasteiger partial charge on any atom is -0.494 e. The van der Waals surface area contributed by atoms with Crippen LogP contribution < -0.4 is 10.1 Å². The van der Waals surface area contributed by atoms with Crippen molar-refractivity contribution in [3.8, 4) is 5.75 Å². The topological polar surface area (TPSA) is 41.6 Å². The molecule has 126 valence electrons. The largest absolute Gasteiger partial charge is 0.494 e. The Balaban J connectivity index is 1.70. The van der Waals surface area contributed by atoms with Crippen LogP contribution in [0.5, 0.6) is 5.75 Å². The van der Waals surface area contributed by atoms with E-state index in [1.54, 1.807) is 12.1 Å². The lowest BCUT2D eigenvalue weighted by molar-refractivity contribution is 0.207. The van der Waals surface area contributed by atoms with Gasteiger partial charge in [0.05, 0.1) is 12.6 Å². The van der Waals surface area contributed by atoms with Gasteiger partial charge in [-0.15, -0.1) is 0 Å². The standard InChI is InChI=1S/C19H21FN2O2/c1-2-24-17-11-5-14(6-12-17)18-4-3-13-22(18)19(23)21-16-9-7-15(20)8-10-16/h5-12,18H,2-4,13H2,1H3,(H,21,23). The molecule has 0 saturated carbocycles. The lowest BCUT2D eigenvalue weighted by atomic mass is 10.0. The Morgan fingerprint density at radius 1 is 1.21 bits per heavy atom. The fourth-order valence-electron chi connectivity index (χ4n) is 3.04. The second-order valence-electron chi connectivity index (χ2n) is 5.79. The van der Waals surface area contributed by atoms with E-state index in [0.29, 0.717) is 18.8 Å². The molecule has 1 unspecified atom stereocenters. The number of rotatable bonds is 4. The van der Waals surface area contributed by atoms with Crippen LogP contribution in [0.3, 0.4) is 0 Å². The van der Waals surface area contributed by atoms with Crippen LogP contribution in [-0.4, -0.2) is 24.1 Å². The van der Waals surface area contributed by atoms with E-state index in [-0.39, 0.29) is 17.9 Å². The minimum absolute atomic E-state index is 0.0566. The number of nitrogens with zero attached hydrogens (tertiary/aromatic N) is 1. The smallest absolute Gasteiger partial charge is 0.322 e. The molecule has 1 N–H and O–H groups in total. The highest BCUT2D eigenvalue weighted by atomic mass is 19.1. The minimum atomic E-state index is -0.318. The number of carbonyl (C=O) groups excluding carboxylic acids is 1. The van der Waals surface area contributed by atoms with Crippen LogP contribution in [0.1, 0.15) is 31.4 Å². The maximum atomic E-state index is 13.0. The SMILES string of the molecule is CCOc1ccc(C2CCCN2C(=O)Nc2ccc(F)cc2)cc1. The normalized spacial score (nSPS) is 16.9. The molecule has 1 heterocycles. The number of likely N-dealkylation sites (tertiary alicyclic amines) is 1. The Morgan fingerprint density at radius 3 is 2.58 bits per heavy atom. The number of hydrogen-bond donors (Lipinski definition) is 1. The van der Waals surface area contributed by atoms with Crippen molar-refractivity contribution in [1.29, 1.82) is 0 Å². The summed E-state index contributed by atoms with van der Waals surface area (Å²) >= 11 is 0. The second-order valence-corrected chi connectivity index (χ2v) is 5.79. The Morgan fingerprint density at radius 2 is 1.92 bits per heavy atom. The third-order valence-electron chi connectivity index (χ3n) is 4.19. The molecule has 0 radical (unpaired) electrons. The summed E-state index contributed by atoms with van der Waals surface area (Å²) < 4.78 is 18.4. The first-order valence-corrected chi connectivity index (χ1v) is 8.23. The molecule has 24 heavy (non-hydrogen) atoms. The molecule has 1 atom stereocenters. The molecule has 1 aliphatic heterocycles. The van der Waals surface area contributed by atoms with Crippen molar-refractivity contribution in [3.63, 3.8) is 0 Å². The summed E-state index contributed by atoms with van der Waals surface area (Å²) in [6.07, 6.45) is 1.90. The first-order chi connectivity index (χ1) is 11.7. The molecule has 1 fully saturated rings. The molecular formula is C19H21FN2O2. The van der Waals surface area contributed by atoms with E-state index in [0.717, 1.165) is 24.2 Å². The predicted octanol–water partition coefficient (Wildman–Crippen LogP) is 4.59. The Bertz CT molecular complexity index is 686. The summed E-state index contributed by atoms with van der Waals surface area (Å²) in [5.41, 5.74) is 1.70. The molecule has 4 nitrogen and oxygen atoms in total. The van der Waals surface area contributed by atoms with Gasteiger partial charge in [0, 0.05) is 12.2 Å². The van der Waals surface area contributed by atoms with Crippen molar-refractivity contribution < 1.29 is 13.9 Å². The van der Waals surface area contributed by atoms with Crippen molar-refractivity contribution >= 4 is 11.7 Å². The Labute approximate surface area is 141 Å². The van der Waals surface area contributed by atoms with Crippen molar-refractivity contribution in [2.75, 3.05) is 18.5 Å². The lowest BCUT2D eigenvalue weighted by Gasteiger charge is -2.25. The van der Waals surface area contributed by atoms with Gasteiger partial charge >= 0.3 is 6.03 Å². The molecule has 0 aromatic heterocycles. The molecule has 2 aromatic rings. The molecule has 1 aliphatic rings. The van der Waals surface area contributed by atoms with E-state index >= 15 is 0 Å². The van der Waals surface area contributed by atoms with Crippen molar-refractivity contribution in [1.82, 2.24) is 4.90 Å². The number of amides is 2. The first-order valence-electron chi connectivity index (χ1n) is 8.23. The quantitative estimate of drug-likeness (QED) is 0.891. The molecule has 2 aromatic carbocycles. The number of urea groups is 1. The molecule has 0 aliphatic carbocycles. The van der Waals surface area contributed by atoms with E-state index in [9.17, 15) is 9.18 Å². The monoisotopic (exact) mass is 328 g/mol. The van der Waals surface area contributed by atoms with Crippen LogP contribution in [0.15, 0.2) is 48.5 Å². The van der Waals surface area contributed by atoms with Gasteiger partial charge in [-0.25, -0.2) is 9.18 Å². The molecule has 5 heteroatoms. The Kier molecular flexibility index (Phi) is 4.99. The van der Waals surface area contributed by atoms with Crippen LogP contribution in [0.4, 0.5) is 14.9 Å². The maximum Gasteiger partial charge on any atom is 0.322 e. The number of hydrogen-bond acceptors (Lipinski definition) is 2.